The van der Waals surface area contributed by atoms with Gasteiger partial charge in [0.05, 0.1) is 7.11 Å². The fraction of sp³-hybridized carbons (Fsp3) is 0.500. The Morgan fingerprint density at radius 1 is 1.26 bits per heavy atom. The average molecular weight is 259 g/mol. The molecule has 2 rings (SSSR count). The first kappa shape index (κ1) is 13.8. The summed E-state index contributed by atoms with van der Waals surface area (Å²) in [7, 11) is 1.59. The highest BCUT2D eigenvalue weighted by atomic mass is 16.5. The second-order valence-electron chi connectivity index (χ2n) is 4.99. The molecule has 1 heterocycles. The molecule has 102 valence electrons. The zero-order valence-electron chi connectivity index (χ0n) is 11.5. The number of aromatic nitrogens is 1. The Morgan fingerprint density at radius 3 is 2.84 bits per heavy atom. The van der Waals surface area contributed by atoms with Crippen LogP contribution in [0.25, 0.3) is 0 Å². The summed E-state index contributed by atoms with van der Waals surface area (Å²) >= 11 is 0. The molecule has 0 spiro atoms. The normalized spacial score (nSPS) is 18.9. The topological polar surface area (TPSA) is 39.2 Å². The number of nitrogens with zero attached hydrogens (tertiary/aromatic N) is 1. The Kier molecular flexibility index (Phi) is 5.13. The third-order valence-corrected chi connectivity index (χ3v) is 3.52. The predicted octanol–water partition coefficient (Wildman–Crippen LogP) is 3.48. The smallest absolute Gasteiger partial charge is 0.212 e. The lowest BCUT2D eigenvalue weighted by Crippen LogP contribution is -2.08. The molecule has 0 fully saturated rings. The first-order valence-electron chi connectivity index (χ1n) is 7.01. The molecule has 1 aromatic heterocycles. The molecule has 1 aliphatic rings. The van der Waals surface area contributed by atoms with Crippen LogP contribution >= 0.6 is 0 Å². The molecule has 19 heavy (non-hydrogen) atoms. The molecule has 0 radical (unpaired) electrons. The van der Waals surface area contributed by atoms with Crippen molar-refractivity contribution in [2.45, 2.75) is 44.9 Å². The molecular weight excluding hydrogens is 238 g/mol. The number of ether oxygens (including phenoxy) is 1. The molecule has 0 unspecified atom stereocenters. The predicted molar refractivity (Wildman–Crippen MR) is 75.3 cm³/mol. The molecule has 0 aliphatic heterocycles. The lowest BCUT2D eigenvalue weighted by atomic mass is 9.95. The second-order valence-corrected chi connectivity index (χ2v) is 4.99. The molecule has 0 N–H and O–H groups in total. The van der Waals surface area contributed by atoms with Gasteiger partial charge in [0.25, 0.3) is 0 Å². The maximum atomic E-state index is 12.3. The molecule has 0 atom stereocenters. The summed E-state index contributed by atoms with van der Waals surface area (Å²) in [5.41, 5.74) is 1.96. The van der Waals surface area contributed by atoms with E-state index in [-0.39, 0.29) is 5.78 Å². The molecule has 0 amide bonds. The Balaban J connectivity index is 1.98. The first-order chi connectivity index (χ1) is 9.29. The molecule has 0 saturated carbocycles. The van der Waals surface area contributed by atoms with Gasteiger partial charge in [0.1, 0.15) is 0 Å². The van der Waals surface area contributed by atoms with Gasteiger partial charge in [-0.1, -0.05) is 25.0 Å². The van der Waals surface area contributed by atoms with Gasteiger partial charge in [-0.25, -0.2) is 4.98 Å². The summed E-state index contributed by atoms with van der Waals surface area (Å²) in [5, 5.41) is 0. The summed E-state index contributed by atoms with van der Waals surface area (Å²) < 4.78 is 5.01. The maximum Gasteiger partial charge on any atom is 0.212 e. The summed E-state index contributed by atoms with van der Waals surface area (Å²) in [6, 6.07) is 3.71. The minimum Gasteiger partial charge on any atom is -0.481 e. The van der Waals surface area contributed by atoms with Crippen LogP contribution in [0.5, 0.6) is 5.88 Å². The number of carbonyl (C=O) groups excluding carboxylic acids is 1. The summed E-state index contributed by atoms with van der Waals surface area (Å²) in [4.78, 5) is 16.4. The van der Waals surface area contributed by atoms with E-state index >= 15 is 0 Å². The van der Waals surface area contributed by atoms with Crippen molar-refractivity contribution in [3.8, 4) is 5.88 Å². The van der Waals surface area contributed by atoms with Crippen LogP contribution in [-0.2, 0) is 11.2 Å². The third kappa shape index (κ3) is 4.19. The number of allylic oxidation sites excluding steroid dienone is 2. The molecule has 0 saturated heterocycles. The van der Waals surface area contributed by atoms with Crippen LogP contribution < -0.4 is 4.74 Å². The zero-order valence-corrected chi connectivity index (χ0v) is 11.5. The number of ketones is 1. The standard InChI is InChI=1S/C16H21NO2/c1-19-16-10-9-13(12-17-16)11-15(18)14-7-5-3-2-4-6-8-14/h7,9-10,12H,2-6,8,11H2,1H3/b14-7+. The van der Waals surface area contributed by atoms with Gasteiger partial charge >= 0.3 is 0 Å². The minimum absolute atomic E-state index is 0.244. The quantitative estimate of drug-likeness (QED) is 0.831. The Hall–Kier alpha value is -1.64. The Labute approximate surface area is 114 Å². The first-order valence-corrected chi connectivity index (χ1v) is 7.01. The van der Waals surface area contributed by atoms with E-state index < -0.39 is 0 Å². The molecule has 1 aromatic rings. The largest absolute Gasteiger partial charge is 0.481 e. The molecule has 3 heteroatoms. The van der Waals surface area contributed by atoms with E-state index in [0.29, 0.717) is 12.3 Å². The van der Waals surface area contributed by atoms with E-state index in [1.165, 1.54) is 19.3 Å². The number of carbonyl (C=O) groups is 1. The number of methoxy groups -OCH3 is 1. The van der Waals surface area contributed by atoms with Crippen molar-refractivity contribution in [1.29, 1.82) is 0 Å². The van der Waals surface area contributed by atoms with E-state index in [2.05, 4.69) is 11.1 Å². The van der Waals surface area contributed by atoms with Gasteiger partial charge in [-0.2, -0.15) is 0 Å². The second kappa shape index (κ2) is 7.07. The number of hydrogen-bond acceptors (Lipinski definition) is 3. The summed E-state index contributed by atoms with van der Waals surface area (Å²) in [5.74, 6) is 0.829. The number of hydrogen-bond donors (Lipinski definition) is 0. The molecule has 3 nitrogen and oxygen atoms in total. The highest BCUT2D eigenvalue weighted by molar-refractivity contribution is 5.96. The lowest BCUT2D eigenvalue weighted by molar-refractivity contribution is -0.115. The van der Waals surface area contributed by atoms with Crippen LogP contribution in [0.4, 0.5) is 0 Å². The van der Waals surface area contributed by atoms with Crippen molar-refractivity contribution in [2.75, 3.05) is 7.11 Å². The van der Waals surface area contributed by atoms with Crippen LogP contribution in [0.3, 0.4) is 0 Å². The van der Waals surface area contributed by atoms with Crippen LogP contribution in [0.15, 0.2) is 30.0 Å². The van der Waals surface area contributed by atoms with Crippen molar-refractivity contribution >= 4 is 5.78 Å². The van der Waals surface area contributed by atoms with E-state index in [1.54, 1.807) is 19.4 Å². The van der Waals surface area contributed by atoms with E-state index in [4.69, 9.17) is 4.74 Å². The number of pyridine rings is 1. The monoisotopic (exact) mass is 259 g/mol. The average Bonchev–Trinajstić information content (AvgIpc) is 2.39. The fourth-order valence-corrected chi connectivity index (χ4v) is 2.38. The van der Waals surface area contributed by atoms with Crippen LogP contribution in [0.2, 0.25) is 0 Å². The molecular formula is C16H21NO2. The third-order valence-electron chi connectivity index (χ3n) is 3.52. The van der Waals surface area contributed by atoms with Gasteiger partial charge in [0, 0.05) is 18.7 Å². The van der Waals surface area contributed by atoms with Gasteiger partial charge in [0.2, 0.25) is 5.88 Å². The van der Waals surface area contributed by atoms with E-state index in [0.717, 1.165) is 30.4 Å². The SMILES string of the molecule is COc1ccc(CC(=O)/C2=C/CCCCCC2)cn1. The van der Waals surface area contributed by atoms with Crippen LogP contribution in [-0.4, -0.2) is 17.9 Å². The lowest BCUT2D eigenvalue weighted by Gasteiger charge is -2.10. The zero-order chi connectivity index (χ0) is 13.5. The van der Waals surface area contributed by atoms with Crippen LogP contribution in [0, 0.1) is 0 Å². The number of rotatable bonds is 4. The summed E-state index contributed by atoms with van der Waals surface area (Å²) in [6.07, 6.45) is 11.2. The van der Waals surface area contributed by atoms with Gasteiger partial charge in [-0.05, 0) is 36.8 Å². The van der Waals surface area contributed by atoms with Crippen molar-refractivity contribution < 1.29 is 9.53 Å². The molecule has 0 bridgehead atoms. The fourth-order valence-electron chi connectivity index (χ4n) is 2.38. The minimum atomic E-state index is 0.244. The van der Waals surface area contributed by atoms with E-state index in [9.17, 15) is 4.79 Å². The van der Waals surface area contributed by atoms with Gasteiger partial charge in [-0.3, -0.25) is 4.79 Å². The Morgan fingerprint density at radius 2 is 2.11 bits per heavy atom. The molecule has 0 aromatic carbocycles. The van der Waals surface area contributed by atoms with E-state index in [1.807, 2.05) is 6.07 Å². The highest BCUT2D eigenvalue weighted by Crippen LogP contribution is 2.19. The van der Waals surface area contributed by atoms with Crippen molar-refractivity contribution in [3.05, 3.63) is 35.5 Å². The van der Waals surface area contributed by atoms with Crippen molar-refractivity contribution in [2.24, 2.45) is 0 Å². The Bertz CT molecular complexity index is 448. The van der Waals surface area contributed by atoms with Gasteiger partial charge < -0.3 is 4.74 Å². The number of Topliss-reactive ketones (excluding diaryl/α,β-unsaturated/α-hetero) is 1. The highest BCUT2D eigenvalue weighted by Gasteiger charge is 2.12. The van der Waals surface area contributed by atoms with Crippen molar-refractivity contribution in [3.63, 3.8) is 0 Å². The maximum absolute atomic E-state index is 12.3. The molecule has 1 aliphatic carbocycles. The van der Waals surface area contributed by atoms with Gasteiger partial charge in [-0.15, -0.1) is 0 Å². The van der Waals surface area contributed by atoms with Crippen molar-refractivity contribution in [1.82, 2.24) is 4.98 Å². The summed E-state index contributed by atoms with van der Waals surface area (Å²) in [6.45, 7) is 0. The van der Waals surface area contributed by atoms with Crippen LogP contribution in [0.1, 0.15) is 44.1 Å². The van der Waals surface area contributed by atoms with Gasteiger partial charge in [0.15, 0.2) is 5.78 Å².